The first-order chi connectivity index (χ1) is 11.9. The summed E-state index contributed by atoms with van der Waals surface area (Å²) in [5.41, 5.74) is 1.25. The lowest BCUT2D eigenvalue weighted by Gasteiger charge is -2.38. The first kappa shape index (κ1) is 23.7. The second-order valence-corrected chi connectivity index (χ2v) is 7.78. The number of aryl methyl sites for hydroxylation is 1. The van der Waals surface area contributed by atoms with Gasteiger partial charge in [0.05, 0.1) is 6.54 Å². The third-order valence-electron chi connectivity index (χ3n) is 5.08. The smallest absolute Gasteiger partial charge is 0.193 e. The normalized spacial score (nSPS) is 17.7. The Morgan fingerprint density at radius 3 is 2.50 bits per heavy atom. The first-order valence-corrected chi connectivity index (χ1v) is 9.92. The molecule has 8 heteroatoms. The number of rotatable bonds is 6. The lowest BCUT2D eigenvalue weighted by Crippen LogP contribution is -2.53. The van der Waals surface area contributed by atoms with E-state index in [-0.39, 0.29) is 24.0 Å². The average molecular weight is 541 g/mol. The quantitative estimate of drug-likeness (QED) is 0.342. The SMILES string of the molecule is CCN1CCN(C(C)CNC(=NC)N(C)Cc2cc(Br)cn2C)CC1.I. The number of guanidine groups is 1. The molecule has 0 amide bonds. The van der Waals surface area contributed by atoms with Crippen molar-refractivity contribution in [2.24, 2.45) is 12.0 Å². The predicted molar refractivity (Wildman–Crippen MR) is 125 cm³/mol. The van der Waals surface area contributed by atoms with Gasteiger partial charge in [-0.3, -0.25) is 9.89 Å². The molecule has 1 fully saturated rings. The number of likely N-dealkylation sites (N-methyl/N-ethyl adjacent to an activating group) is 1. The van der Waals surface area contributed by atoms with Crippen molar-refractivity contribution in [3.8, 4) is 0 Å². The minimum absolute atomic E-state index is 0. The van der Waals surface area contributed by atoms with Crippen LogP contribution in [0.15, 0.2) is 21.7 Å². The summed E-state index contributed by atoms with van der Waals surface area (Å²) in [7, 11) is 6.01. The van der Waals surface area contributed by atoms with Gasteiger partial charge in [0.2, 0.25) is 0 Å². The minimum atomic E-state index is 0. The first-order valence-electron chi connectivity index (χ1n) is 9.13. The highest BCUT2D eigenvalue weighted by atomic mass is 127. The van der Waals surface area contributed by atoms with Crippen LogP contribution < -0.4 is 5.32 Å². The molecule has 1 aromatic rings. The zero-order valence-electron chi connectivity index (χ0n) is 16.7. The molecule has 2 rings (SSSR count). The van der Waals surface area contributed by atoms with E-state index in [1.165, 1.54) is 18.8 Å². The Morgan fingerprint density at radius 2 is 2.00 bits per heavy atom. The molecule has 26 heavy (non-hydrogen) atoms. The van der Waals surface area contributed by atoms with Gasteiger partial charge >= 0.3 is 0 Å². The zero-order chi connectivity index (χ0) is 18.4. The van der Waals surface area contributed by atoms with Crippen LogP contribution in [0.5, 0.6) is 0 Å². The number of nitrogens with one attached hydrogen (secondary N) is 1. The predicted octanol–water partition coefficient (Wildman–Crippen LogP) is 2.44. The number of aliphatic imine (C=N–C) groups is 1. The van der Waals surface area contributed by atoms with E-state index < -0.39 is 0 Å². The summed E-state index contributed by atoms with van der Waals surface area (Å²) >= 11 is 3.54. The number of piperazine rings is 1. The van der Waals surface area contributed by atoms with Crippen LogP contribution in [0, 0.1) is 0 Å². The summed E-state index contributed by atoms with van der Waals surface area (Å²) < 4.78 is 3.25. The molecular formula is C18H34BrIN6. The van der Waals surface area contributed by atoms with Crippen LogP contribution in [0.1, 0.15) is 19.5 Å². The van der Waals surface area contributed by atoms with Gasteiger partial charge in [-0.2, -0.15) is 0 Å². The maximum Gasteiger partial charge on any atom is 0.193 e. The van der Waals surface area contributed by atoms with Crippen LogP contribution in [0.3, 0.4) is 0 Å². The second-order valence-electron chi connectivity index (χ2n) is 6.86. The highest BCUT2D eigenvalue weighted by Gasteiger charge is 2.20. The van der Waals surface area contributed by atoms with Crippen molar-refractivity contribution in [2.75, 3.05) is 53.4 Å². The zero-order valence-corrected chi connectivity index (χ0v) is 20.6. The molecule has 1 aliphatic rings. The van der Waals surface area contributed by atoms with Crippen molar-refractivity contribution in [2.45, 2.75) is 26.4 Å². The maximum absolute atomic E-state index is 4.45. The summed E-state index contributed by atoms with van der Waals surface area (Å²) in [5, 5.41) is 3.54. The molecule has 0 aromatic carbocycles. The monoisotopic (exact) mass is 540 g/mol. The summed E-state index contributed by atoms with van der Waals surface area (Å²) in [6.45, 7) is 12.1. The Kier molecular flexibility index (Phi) is 10.5. The fourth-order valence-corrected chi connectivity index (χ4v) is 3.89. The number of aromatic nitrogens is 1. The molecule has 1 aromatic heterocycles. The van der Waals surface area contributed by atoms with Gasteiger partial charge in [-0.25, -0.2) is 0 Å². The van der Waals surface area contributed by atoms with Crippen molar-refractivity contribution in [1.29, 1.82) is 0 Å². The molecular weight excluding hydrogens is 507 g/mol. The van der Waals surface area contributed by atoms with Gasteiger partial charge < -0.3 is 19.7 Å². The molecule has 0 bridgehead atoms. The number of halogens is 2. The van der Waals surface area contributed by atoms with E-state index in [2.05, 4.69) is 85.7 Å². The number of nitrogens with zero attached hydrogens (tertiary/aromatic N) is 5. The molecule has 1 N–H and O–H groups in total. The molecule has 2 heterocycles. The van der Waals surface area contributed by atoms with Crippen LogP contribution in [0.4, 0.5) is 0 Å². The van der Waals surface area contributed by atoms with E-state index in [9.17, 15) is 0 Å². The Hall–Kier alpha value is -0.320. The summed E-state index contributed by atoms with van der Waals surface area (Å²) in [5.74, 6) is 0.941. The van der Waals surface area contributed by atoms with Crippen LogP contribution >= 0.6 is 39.9 Å². The van der Waals surface area contributed by atoms with E-state index in [1.54, 1.807) is 0 Å². The van der Waals surface area contributed by atoms with Crippen molar-refractivity contribution in [1.82, 2.24) is 24.6 Å². The summed E-state index contributed by atoms with van der Waals surface area (Å²) in [6, 6.07) is 2.66. The summed E-state index contributed by atoms with van der Waals surface area (Å²) in [4.78, 5) is 11.7. The molecule has 0 radical (unpaired) electrons. The molecule has 1 atom stereocenters. The van der Waals surface area contributed by atoms with Crippen molar-refractivity contribution < 1.29 is 0 Å². The van der Waals surface area contributed by atoms with Crippen LogP contribution in [-0.4, -0.2) is 84.6 Å². The van der Waals surface area contributed by atoms with E-state index in [4.69, 9.17) is 0 Å². The molecule has 150 valence electrons. The van der Waals surface area contributed by atoms with Gasteiger partial charge in [0.25, 0.3) is 0 Å². The minimum Gasteiger partial charge on any atom is -0.355 e. The van der Waals surface area contributed by atoms with Gasteiger partial charge in [-0.1, -0.05) is 6.92 Å². The van der Waals surface area contributed by atoms with Crippen LogP contribution in [0.2, 0.25) is 0 Å². The standard InChI is InChI=1S/C18H33BrN6.HI/c1-6-24-7-9-25(10-8-24)15(2)12-21-18(20-3)23(5)14-17-11-16(19)13-22(17)4;/h11,13,15H,6-10,12,14H2,1-5H3,(H,20,21);1H. The Balaban J connectivity index is 0.00000338. The lowest BCUT2D eigenvalue weighted by molar-refractivity contribution is 0.107. The highest BCUT2D eigenvalue weighted by Crippen LogP contribution is 2.15. The van der Waals surface area contributed by atoms with E-state index in [0.29, 0.717) is 6.04 Å². The van der Waals surface area contributed by atoms with E-state index in [0.717, 1.165) is 43.2 Å². The molecule has 1 aliphatic heterocycles. The Morgan fingerprint density at radius 1 is 1.35 bits per heavy atom. The fourth-order valence-electron chi connectivity index (χ4n) is 3.31. The summed E-state index contributed by atoms with van der Waals surface area (Å²) in [6.07, 6.45) is 2.08. The van der Waals surface area contributed by atoms with E-state index >= 15 is 0 Å². The van der Waals surface area contributed by atoms with Gasteiger partial charge in [0.15, 0.2) is 5.96 Å². The fraction of sp³-hybridized carbons (Fsp3) is 0.722. The third kappa shape index (κ3) is 6.69. The third-order valence-corrected chi connectivity index (χ3v) is 5.51. The van der Waals surface area contributed by atoms with Gasteiger partial charge in [-0.15, -0.1) is 24.0 Å². The topological polar surface area (TPSA) is 39.0 Å². The Labute approximate surface area is 184 Å². The molecule has 6 nitrogen and oxygen atoms in total. The largest absolute Gasteiger partial charge is 0.355 e. The molecule has 0 aliphatic carbocycles. The maximum atomic E-state index is 4.45. The highest BCUT2D eigenvalue weighted by molar-refractivity contribution is 14.0. The van der Waals surface area contributed by atoms with E-state index in [1.807, 2.05) is 7.05 Å². The van der Waals surface area contributed by atoms with Crippen LogP contribution in [-0.2, 0) is 13.6 Å². The van der Waals surface area contributed by atoms with Crippen molar-refractivity contribution in [3.05, 3.63) is 22.4 Å². The van der Waals surface area contributed by atoms with Crippen molar-refractivity contribution in [3.63, 3.8) is 0 Å². The van der Waals surface area contributed by atoms with Gasteiger partial charge in [0, 0.05) is 76.3 Å². The number of hydrogen-bond acceptors (Lipinski definition) is 3. The lowest BCUT2D eigenvalue weighted by atomic mass is 10.2. The second kappa shape index (κ2) is 11.5. The van der Waals surface area contributed by atoms with Gasteiger partial charge in [-0.05, 0) is 35.5 Å². The average Bonchev–Trinajstić information content (AvgIpc) is 2.92. The number of hydrogen-bond donors (Lipinski definition) is 1. The van der Waals surface area contributed by atoms with Crippen molar-refractivity contribution >= 4 is 45.9 Å². The molecule has 0 saturated carbocycles. The molecule has 0 spiro atoms. The molecule has 1 saturated heterocycles. The Bertz CT molecular complexity index is 568. The molecule has 1 unspecified atom stereocenters. The van der Waals surface area contributed by atoms with Crippen LogP contribution in [0.25, 0.3) is 0 Å². The van der Waals surface area contributed by atoms with Gasteiger partial charge in [0.1, 0.15) is 0 Å².